The van der Waals surface area contributed by atoms with Crippen molar-refractivity contribution >= 4 is 28.6 Å². The molecule has 0 unspecified atom stereocenters. The van der Waals surface area contributed by atoms with E-state index in [-0.39, 0.29) is 0 Å². The maximum atomic E-state index is 5.78. The number of rotatable bonds is 7. The van der Waals surface area contributed by atoms with Crippen LogP contribution >= 0.6 is 11.8 Å². The molecule has 0 aliphatic heterocycles. The molecule has 0 fully saturated rings. The Morgan fingerprint density at radius 3 is 2.60 bits per heavy atom. The summed E-state index contributed by atoms with van der Waals surface area (Å²) in [5.41, 5.74) is 2.02. The average molecular weight is 354 g/mol. The minimum absolute atomic E-state index is 0.597. The molecule has 0 saturated heterocycles. The van der Waals surface area contributed by atoms with Crippen LogP contribution in [-0.2, 0) is 0 Å². The first kappa shape index (κ1) is 15.8. The van der Waals surface area contributed by atoms with Gasteiger partial charge in [0, 0.05) is 5.75 Å². The summed E-state index contributed by atoms with van der Waals surface area (Å²) in [5, 5.41) is 8.22. The van der Waals surface area contributed by atoms with E-state index in [1.54, 1.807) is 11.8 Å². The van der Waals surface area contributed by atoms with Crippen LogP contribution < -0.4 is 9.47 Å². The zero-order chi connectivity index (χ0) is 17.1. The van der Waals surface area contributed by atoms with E-state index in [0.29, 0.717) is 13.2 Å². The van der Waals surface area contributed by atoms with E-state index in [2.05, 4.69) is 15.2 Å². The number of aromatic amines is 1. The number of hydrogen-bond acceptors (Lipinski definition) is 5. The van der Waals surface area contributed by atoms with Gasteiger partial charge in [0.25, 0.3) is 0 Å². The highest BCUT2D eigenvalue weighted by Crippen LogP contribution is 2.23. The van der Waals surface area contributed by atoms with Gasteiger partial charge in [0.15, 0.2) is 5.16 Å². The fraction of sp³-hybridized carbons (Fsp3) is 0.222. The molecule has 2 heterocycles. The molecule has 0 radical (unpaired) electrons. The Hall–Kier alpha value is -2.67. The summed E-state index contributed by atoms with van der Waals surface area (Å²) in [5.74, 6) is 3.25. The van der Waals surface area contributed by atoms with Crippen molar-refractivity contribution in [3.05, 3.63) is 48.5 Å². The predicted octanol–water partition coefficient (Wildman–Crippen LogP) is 3.78. The molecule has 128 valence electrons. The molecule has 4 aromatic rings. The summed E-state index contributed by atoms with van der Waals surface area (Å²) in [6, 6.07) is 15.7. The van der Waals surface area contributed by atoms with E-state index >= 15 is 0 Å². The maximum Gasteiger partial charge on any atom is 0.231 e. The van der Waals surface area contributed by atoms with E-state index in [1.807, 2.05) is 59.9 Å². The van der Waals surface area contributed by atoms with Crippen molar-refractivity contribution < 1.29 is 9.47 Å². The minimum atomic E-state index is 0.597. The Morgan fingerprint density at radius 2 is 1.80 bits per heavy atom. The molecule has 0 spiro atoms. The van der Waals surface area contributed by atoms with Crippen LogP contribution in [0.25, 0.3) is 16.8 Å². The quantitative estimate of drug-likeness (QED) is 0.404. The highest BCUT2D eigenvalue weighted by molar-refractivity contribution is 7.99. The van der Waals surface area contributed by atoms with Crippen molar-refractivity contribution in [3.8, 4) is 11.5 Å². The Morgan fingerprint density at radius 1 is 1.04 bits per heavy atom. The number of aromatic nitrogens is 4. The third kappa shape index (κ3) is 3.28. The van der Waals surface area contributed by atoms with Crippen LogP contribution in [0.15, 0.2) is 53.7 Å². The SMILES string of the molecule is CCOc1ccc(OCCSc2n[nH]c3nc4ccccc4n23)cc1. The summed E-state index contributed by atoms with van der Waals surface area (Å²) in [6.07, 6.45) is 0. The van der Waals surface area contributed by atoms with Crippen LogP contribution in [0.2, 0.25) is 0 Å². The van der Waals surface area contributed by atoms with Gasteiger partial charge in [0.2, 0.25) is 5.78 Å². The van der Waals surface area contributed by atoms with Gasteiger partial charge in [-0.3, -0.25) is 4.40 Å². The lowest BCUT2D eigenvalue weighted by molar-refractivity contribution is 0.332. The van der Waals surface area contributed by atoms with Crippen molar-refractivity contribution in [1.29, 1.82) is 0 Å². The average Bonchev–Trinajstić information content (AvgIpc) is 3.20. The largest absolute Gasteiger partial charge is 0.494 e. The third-order valence-corrected chi connectivity index (χ3v) is 4.62. The Balaban J connectivity index is 1.38. The van der Waals surface area contributed by atoms with E-state index < -0.39 is 0 Å². The van der Waals surface area contributed by atoms with Crippen LogP contribution in [0.5, 0.6) is 11.5 Å². The second-order valence-corrected chi connectivity index (χ2v) is 6.43. The highest BCUT2D eigenvalue weighted by atomic mass is 32.2. The molecule has 0 bridgehead atoms. The molecule has 0 aliphatic rings. The van der Waals surface area contributed by atoms with E-state index in [9.17, 15) is 0 Å². The molecule has 0 aliphatic carbocycles. The van der Waals surface area contributed by atoms with Gasteiger partial charge in [0.1, 0.15) is 11.5 Å². The van der Waals surface area contributed by atoms with Crippen LogP contribution in [0.4, 0.5) is 0 Å². The van der Waals surface area contributed by atoms with Gasteiger partial charge < -0.3 is 9.47 Å². The lowest BCUT2D eigenvalue weighted by atomic mass is 10.3. The maximum absolute atomic E-state index is 5.78. The van der Waals surface area contributed by atoms with Gasteiger partial charge in [-0.2, -0.15) is 0 Å². The van der Waals surface area contributed by atoms with Crippen molar-refractivity contribution in [3.63, 3.8) is 0 Å². The first-order valence-electron chi connectivity index (χ1n) is 8.15. The zero-order valence-electron chi connectivity index (χ0n) is 13.8. The minimum Gasteiger partial charge on any atom is -0.494 e. The molecule has 0 saturated carbocycles. The molecule has 0 atom stereocenters. The molecule has 2 aromatic carbocycles. The number of thioether (sulfide) groups is 1. The fourth-order valence-electron chi connectivity index (χ4n) is 2.63. The lowest BCUT2D eigenvalue weighted by Gasteiger charge is -2.07. The first-order chi connectivity index (χ1) is 12.3. The zero-order valence-corrected chi connectivity index (χ0v) is 14.6. The summed E-state index contributed by atoms with van der Waals surface area (Å²) in [6.45, 7) is 3.23. The van der Waals surface area contributed by atoms with Gasteiger partial charge in [-0.25, -0.2) is 10.1 Å². The monoisotopic (exact) mass is 354 g/mol. The number of benzene rings is 2. The summed E-state index contributed by atoms with van der Waals surface area (Å²) >= 11 is 1.64. The van der Waals surface area contributed by atoms with Crippen LogP contribution in [-0.4, -0.2) is 38.5 Å². The van der Waals surface area contributed by atoms with Gasteiger partial charge in [-0.15, -0.1) is 5.10 Å². The van der Waals surface area contributed by atoms with Crippen LogP contribution in [0.3, 0.4) is 0 Å². The second-order valence-electron chi connectivity index (χ2n) is 5.37. The number of nitrogens with one attached hydrogen (secondary N) is 1. The molecule has 2 aromatic heterocycles. The molecule has 0 amide bonds. The topological polar surface area (TPSA) is 64.4 Å². The lowest BCUT2D eigenvalue weighted by Crippen LogP contribution is -2.01. The number of para-hydroxylation sites is 2. The van der Waals surface area contributed by atoms with Crippen LogP contribution in [0.1, 0.15) is 6.92 Å². The van der Waals surface area contributed by atoms with Gasteiger partial charge in [-0.05, 0) is 43.3 Å². The Labute approximate surface area is 149 Å². The predicted molar refractivity (Wildman–Crippen MR) is 98.7 cm³/mol. The molecule has 1 N–H and O–H groups in total. The summed E-state index contributed by atoms with van der Waals surface area (Å²) in [4.78, 5) is 4.52. The Kier molecular flexibility index (Phi) is 4.47. The highest BCUT2D eigenvalue weighted by Gasteiger charge is 2.11. The molecule has 25 heavy (non-hydrogen) atoms. The molecule has 6 nitrogen and oxygen atoms in total. The first-order valence-corrected chi connectivity index (χ1v) is 9.14. The fourth-order valence-corrected chi connectivity index (χ4v) is 3.40. The summed E-state index contributed by atoms with van der Waals surface area (Å²) < 4.78 is 13.2. The van der Waals surface area contributed by atoms with Crippen LogP contribution in [0, 0.1) is 0 Å². The van der Waals surface area contributed by atoms with Crippen molar-refractivity contribution in [2.75, 3.05) is 19.0 Å². The second kappa shape index (κ2) is 7.06. The van der Waals surface area contributed by atoms with E-state index in [1.165, 1.54) is 0 Å². The number of fused-ring (bicyclic) bond motifs is 3. The number of hydrogen-bond donors (Lipinski definition) is 1. The smallest absolute Gasteiger partial charge is 0.231 e. The standard InChI is InChI=1S/C18H18N4O2S/c1-2-23-13-7-9-14(10-8-13)24-11-12-25-18-21-20-17-19-15-5-3-4-6-16(15)22(17)18/h3-10H,2,11-12H2,1H3,(H,19,20). The van der Waals surface area contributed by atoms with E-state index in [0.717, 1.165) is 39.2 Å². The van der Waals surface area contributed by atoms with E-state index in [4.69, 9.17) is 9.47 Å². The molecular weight excluding hydrogens is 336 g/mol. The number of imidazole rings is 1. The number of nitrogens with zero attached hydrogens (tertiary/aromatic N) is 3. The molecule has 4 rings (SSSR count). The normalized spacial score (nSPS) is 11.2. The van der Waals surface area contributed by atoms with Gasteiger partial charge in [-0.1, -0.05) is 23.9 Å². The number of H-pyrrole nitrogens is 1. The Bertz CT molecular complexity index is 978. The summed E-state index contributed by atoms with van der Waals surface area (Å²) in [7, 11) is 0. The van der Waals surface area contributed by atoms with Gasteiger partial charge in [0.05, 0.1) is 24.2 Å². The number of ether oxygens (including phenoxy) is 2. The van der Waals surface area contributed by atoms with Crippen molar-refractivity contribution in [1.82, 2.24) is 19.6 Å². The molecule has 7 heteroatoms. The molecular formula is C18H18N4O2S. The van der Waals surface area contributed by atoms with Crippen molar-refractivity contribution in [2.45, 2.75) is 12.1 Å². The van der Waals surface area contributed by atoms with Crippen molar-refractivity contribution in [2.24, 2.45) is 0 Å². The van der Waals surface area contributed by atoms with Gasteiger partial charge >= 0.3 is 0 Å². The third-order valence-electron chi connectivity index (χ3n) is 3.72.